The quantitative estimate of drug-likeness (QED) is 0.209. The van der Waals surface area contributed by atoms with Crippen molar-refractivity contribution in [3.05, 3.63) is 34.3 Å². The maximum Gasteiger partial charge on any atom is 0.417 e. The number of carbonyl (C=O) groups is 12. The van der Waals surface area contributed by atoms with Gasteiger partial charge in [-0.15, -0.1) is 0 Å². The van der Waals surface area contributed by atoms with E-state index in [0.717, 1.165) is 104 Å². The molecule has 12 amide bonds. The Bertz CT molecular complexity index is 3030. The molecule has 1 aromatic rings. The van der Waals surface area contributed by atoms with Crippen molar-refractivity contribution in [1.29, 1.82) is 0 Å². The van der Waals surface area contributed by atoms with Crippen molar-refractivity contribution >= 4 is 82.5 Å². The van der Waals surface area contributed by atoms with Crippen LogP contribution in [0.15, 0.2) is 18.2 Å². The predicted molar refractivity (Wildman–Crippen MR) is 371 cm³/mol. The van der Waals surface area contributed by atoms with Crippen molar-refractivity contribution in [2.75, 3.05) is 95.1 Å². The van der Waals surface area contributed by atoms with Gasteiger partial charge in [-0.2, -0.15) is 13.2 Å². The van der Waals surface area contributed by atoms with E-state index in [-0.39, 0.29) is 81.7 Å². The summed E-state index contributed by atoms with van der Waals surface area (Å²) in [6.07, 6.45) is 7.20. The van der Waals surface area contributed by atoms with E-state index in [1.807, 2.05) is 20.8 Å². The summed E-state index contributed by atoms with van der Waals surface area (Å²) in [4.78, 5) is 187. The summed E-state index contributed by atoms with van der Waals surface area (Å²) >= 11 is 6.11. The zero-order valence-corrected chi connectivity index (χ0v) is 61.7. The van der Waals surface area contributed by atoms with Crippen LogP contribution in [0.5, 0.6) is 0 Å². The van der Waals surface area contributed by atoms with Crippen molar-refractivity contribution in [2.45, 2.75) is 230 Å². The number of likely N-dealkylation sites (tertiary alicyclic amines) is 1. The van der Waals surface area contributed by atoms with Crippen LogP contribution < -0.4 is 16.0 Å². The standard InChI is InChI=1S/C72H112ClF3N12O12/c1-12-47(4)64-71(100)82(7)44-62(92)80(5)45-63(93)85(10)56(40-48-24-15-13-16-25-48)68(97)81(6)43-59(89)78-53(33-31-50-30-32-51(52(73)39-50)72(74,75)76)67(96)88-37-23-28-54(88)65(94)77-34-20-19-29-60(90)84(9)57(41-49-26-17-18-27-49)69(98)86(11)58(70(99)87-35-21-14-22-36-87)42-61(91)83(8)55(38-46(2)3)66(95)79-64/h30,32,39,46-49,53-58,64H,12-29,31,33-38,40-45H2,1-11H3,(H,77,94)(H,78,89)(H,79,95)/t47-,53-,54-,55-,56-,57-,58-,64-/m0/s1. The molecule has 100 heavy (non-hydrogen) atoms. The Morgan fingerprint density at radius 2 is 1.15 bits per heavy atom. The number of nitrogens with one attached hydrogen (secondary N) is 3. The van der Waals surface area contributed by atoms with E-state index in [1.54, 1.807) is 18.9 Å². The first-order valence-corrected chi connectivity index (χ1v) is 36.7. The van der Waals surface area contributed by atoms with E-state index < -0.39 is 156 Å². The number of hydrogen-bond donors (Lipinski definition) is 3. The fourth-order valence-electron chi connectivity index (χ4n) is 14.7. The largest absolute Gasteiger partial charge is 0.417 e. The Morgan fingerprint density at radius 1 is 0.580 bits per heavy atom. The minimum absolute atomic E-state index is 0.0190. The first kappa shape index (κ1) is 81.9. The SMILES string of the molecule is CC[C@H](C)[C@@H]1NC(=O)[C@H](CC(C)C)N(C)C(=O)C[C@@H](C(=O)N2CCCCC2)N(C)C(=O)[C@H](CC2CCCC2)N(C)C(=O)CCCCNC(=O)[C@@H]2CCCN2C(=O)[C@H](CCc2ccc(C(F)(F)F)c(Cl)c2)NC(=O)CN(C)C(=O)[C@H](CC2CCCCC2)N(C)C(=O)CN(C)C(=O)CN(C)C1=O. The Hall–Kier alpha value is -7.06. The lowest BCUT2D eigenvalue weighted by Crippen LogP contribution is -2.59. The number of fused-ring (bicyclic) bond motifs is 1. The molecule has 0 bridgehead atoms. The van der Waals surface area contributed by atoms with Crippen LogP contribution in [0.1, 0.15) is 187 Å². The lowest BCUT2D eigenvalue weighted by atomic mass is 9.84. The number of piperidine rings is 1. The van der Waals surface area contributed by atoms with E-state index in [0.29, 0.717) is 44.3 Å². The van der Waals surface area contributed by atoms with Crippen LogP contribution in [0.25, 0.3) is 0 Å². The Morgan fingerprint density at radius 3 is 1.75 bits per heavy atom. The highest BCUT2D eigenvalue weighted by atomic mass is 35.5. The Labute approximate surface area is 594 Å². The van der Waals surface area contributed by atoms with Crippen molar-refractivity contribution in [2.24, 2.45) is 23.7 Å². The molecule has 3 heterocycles. The number of benzene rings is 1. The first-order chi connectivity index (χ1) is 47.2. The van der Waals surface area contributed by atoms with E-state index in [9.17, 15) is 65.9 Å². The molecule has 560 valence electrons. The van der Waals surface area contributed by atoms with Crippen LogP contribution in [0.2, 0.25) is 5.02 Å². The molecule has 8 atom stereocenters. The van der Waals surface area contributed by atoms with Crippen molar-refractivity contribution in [3.8, 4) is 0 Å². The van der Waals surface area contributed by atoms with Crippen molar-refractivity contribution < 1.29 is 70.7 Å². The van der Waals surface area contributed by atoms with Crippen molar-refractivity contribution in [3.63, 3.8) is 0 Å². The molecule has 5 fully saturated rings. The van der Waals surface area contributed by atoms with Crippen LogP contribution in [0, 0.1) is 23.7 Å². The highest BCUT2D eigenvalue weighted by molar-refractivity contribution is 6.31. The topological polar surface area (TPSA) is 270 Å². The summed E-state index contributed by atoms with van der Waals surface area (Å²) in [5.74, 6) is -7.53. The number of nitrogens with zero attached hydrogens (tertiary/aromatic N) is 9. The van der Waals surface area contributed by atoms with Crippen LogP contribution in [-0.4, -0.2) is 252 Å². The molecule has 3 aliphatic heterocycles. The van der Waals surface area contributed by atoms with Gasteiger partial charge in [0.25, 0.3) is 0 Å². The fourth-order valence-corrected chi connectivity index (χ4v) is 15.0. The fraction of sp³-hybridized carbons (Fsp3) is 0.750. The summed E-state index contributed by atoms with van der Waals surface area (Å²) in [5.41, 5.74) is -0.728. The van der Waals surface area contributed by atoms with Gasteiger partial charge < -0.3 is 60.0 Å². The number of alkyl halides is 3. The second-order valence-electron chi connectivity index (χ2n) is 29.3. The number of amides is 12. The van der Waals surface area contributed by atoms with Crippen LogP contribution in [0.3, 0.4) is 0 Å². The molecule has 0 unspecified atom stereocenters. The van der Waals surface area contributed by atoms with E-state index >= 15 is 4.79 Å². The van der Waals surface area contributed by atoms with Gasteiger partial charge in [-0.25, -0.2) is 0 Å². The maximum atomic E-state index is 15.2. The van der Waals surface area contributed by atoms with Gasteiger partial charge in [0.15, 0.2) is 0 Å². The van der Waals surface area contributed by atoms with Gasteiger partial charge in [-0.05, 0) is 118 Å². The minimum atomic E-state index is -4.74. The lowest BCUT2D eigenvalue weighted by molar-refractivity contribution is -0.153. The number of halogens is 4. The molecular weight excluding hydrogens is 1320 g/mol. The van der Waals surface area contributed by atoms with Crippen molar-refractivity contribution in [1.82, 2.24) is 60.0 Å². The number of likely N-dealkylation sites (N-methyl/N-ethyl adjacent to an activating group) is 7. The van der Waals surface area contributed by atoms with E-state index in [4.69, 9.17) is 11.6 Å². The number of hydrogen-bond acceptors (Lipinski definition) is 12. The molecule has 28 heteroatoms. The van der Waals surface area contributed by atoms with Gasteiger partial charge in [-0.1, -0.05) is 110 Å². The molecule has 2 saturated carbocycles. The van der Waals surface area contributed by atoms with E-state index in [1.165, 1.54) is 72.9 Å². The summed E-state index contributed by atoms with van der Waals surface area (Å²) in [7, 11) is 10.1. The highest BCUT2D eigenvalue weighted by Gasteiger charge is 2.44. The summed E-state index contributed by atoms with van der Waals surface area (Å²) in [6.45, 7) is 6.76. The zero-order chi connectivity index (χ0) is 73.9. The molecule has 5 aliphatic rings. The summed E-state index contributed by atoms with van der Waals surface area (Å²) < 4.78 is 41.3. The minimum Gasteiger partial charge on any atom is -0.354 e. The zero-order valence-electron chi connectivity index (χ0n) is 60.9. The highest BCUT2D eigenvalue weighted by Crippen LogP contribution is 2.36. The molecular formula is C72H112ClF3N12O12. The summed E-state index contributed by atoms with van der Waals surface area (Å²) in [5, 5.41) is 8.00. The molecule has 3 saturated heterocycles. The molecule has 0 spiro atoms. The normalized spacial score (nSPS) is 26.0. The number of carbonyl (C=O) groups excluding carboxylic acids is 12. The van der Waals surface area contributed by atoms with E-state index in [2.05, 4.69) is 16.0 Å². The molecule has 2 aliphatic carbocycles. The third-order valence-electron chi connectivity index (χ3n) is 21.3. The molecule has 0 aromatic heterocycles. The summed E-state index contributed by atoms with van der Waals surface area (Å²) in [6, 6.07) is -4.95. The molecule has 24 nitrogen and oxygen atoms in total. The van der Waals surface area contributed by atoms with Gasteiger partial charge >= 0.3 is 6.18 Å². The molecule has 3 N–H and O–H groups in total. The lowest BCUT2D eigenvalue weighted by Gasteiger charge is -2.39. The van der Waals surface area contributed by atoms with Gasteiger partial charge in [0.2, 0.25) is 70.9 Å². The Kier molecular flexibility index (Phi) is 31.3. The third-order valence-corrected chi connectivity index (χ3v) is 21.6. The van der Waals surface area contributed by atoms with Crippen LogP contribution in [0.4, 0.5) is 13.2 Å². The molecule has 0 radical (unpaired) electrons. The average molecular weight is 1430 g/mol. The van der Waals surface area contributed by atoms with Crippen LogP contribution >= 0.6 is 11.6 Å². The second kappa shape index (κ2) is 38.3. The number of rotatable bonds is 12. The third kappa shape index (κ3) is 22.7. The molecule has 1 aromatic carbocycles. The van der Waals surface area contributed by atoms with Gasteiger partial charge in [0.05, 0.1) is 36.6 Å². The maximum absolute atomic E-state index is 15.2. The van der Waals surface area contributed by atoms with Gasteiger partial charge in [-0.3, -0.25) is 57.5 Å². The monoisotopic (exact) mass is 1430 g/mol. The second-order valence-corrected chi connectivity index (χ2v) is 29.7. The first-order valence-electron chi connectivity index (χ1n) is 36.3. The average Bonchev–Trinajstić information content (AvgIpc) is 1.12. The Balaban J connectivity index is 1.34. The van der Waals surface area contributed by atoms with Gasteiger partial charge in [0, 0.05) is 81.9 Å². The smallest absolute Gasteiger partial charge is 0.354 e. The number of aryl methyl sites for hydroxylation is 1. The van der Waals surface area contributed by atoms with Crippen LogP contribution in [-0.2, 0) is 70.1 Å². The molecule has 6 rings (SSSR count). The van der Waals surface area contributed by atoms with Gasteiger partial charge in [0.1, 0.15) is 42.3 Å². The predicted octanol–water partition coefficient (Wildman–Crippen LogP) is 6.28.